The van der Waals surface area contributed by atoms with Crippen molar-refractivity contribution in [1.29, 1.82) is 0 Å². The van der Waals surface area contributed by atoms with Crippen LogP contribution < -0.4 is 34.3 Å². The van der Waals surface area contributed by atoms with Crippen molar-refractivity contribution >= 4 is 10.1 Å². The van der Waals surface area contributed by atoms with Gasteiger partial charge in [0.15, 0.2) is 0 Å². The number of rotatable bonds is 8. The van der Waals surface area contributed by atoms with Gasteiger partial charge in [0.05, 0.1) is 4.90 Å². The fraction of sp³-hybridized carbons (Fsp3) is 0.333. The van der Waals surface area contributed by atoms with Gasteiger partial charge in [-0.1, -0.05) is 44.4 Å². The summed E-state index contributed by atoms with van der Waals surface area (Å²) < 4.78 is 39.5. The third kappa shape index (κ3) is 6.57. The molecule has 0 spiro atoms. The molecule has 0 N–H and O–H groups in total. The number of hydrogen-bond acceptors (Lipinski definition) is 4. The quantitative estimate of drug-likeness (QED) is 0.409. The molecule has 0 aromatic heterocycles. The van der Waals surface area contributed by atoms with E-state index in [0.29, 0.717) is 17.9 Å². The fourth-order valence-electron chi connectivity index (χ4n) is 2.36. The molecule has 0 atom stereocenters. The molecule has 2 rings (SSSR count). The fourth-order valence-corrected chi connectivity index (χ4v) is 2.89. The van der Waals surface area contributed by atoms with E-state index in [2.05, 4.69) is 6.92 Å². The first-order valence-corrected chi connectivity index (χ1v) is 9.23. The van der Waals surface area contributed by atoms with Crippen molar-refractivity contribution in [3.05, 3.63) is 54.1 Å². The van der Waals surface area contributed by atoms with Crippen molar-refractivity contribution in [3.8, 4) is 11.5 Å². The minimum atomic E-state index is -4.46. The van der Waals surface area contributed by atoms with E-state index in [0.717, 1.165) is 31.2 Å². The first-order chi connectivity index (χ1) is 11.0. The van der Waals surface area contributed by atoms with E-state index < -0.39 is 10.1 Å². The standard InChI is InChI=1S/C18H22O4S.Na/c1-2-3-4-6-9-15-14-17(23(19,20)21)12-13-18(15)22-16-10-7-5-8-11-16;/h5,7-8,10-14H,2-4,6,9H2,1H3,(H,19,20,21);/q;+1/p-1. The molecule has 124 valence electrons. The number of para-hydroxylation sites is 1. The van der Waals surface area contributed by atoms with Gasteiger partial charge in [0.2, 0.25) is 0 Å². The van der Waals surface area contributed by atoms with Crippen LogP contribution in [0.4, 0.5) is 0 Å². The summed E-state index contributed by atoms with van der Waals surface area (Å²) in [5.41, 5.74) is 0.752. The van der Waals surface area contributed by atoms with Gasteiger partial charge >= 0.3 is 29.6 Å². The van der Waals surface area contributed by atoms with Crippen molar-refractivity contribution in [1.82, 2.24) is 0 Å². The van der Waals surface area contributed by atoms with Crippen LogP contribution in [-0.2, 0) is 16.5 Å². The summed E-state index contributed by atoms with van der Waals surface area (Å²) in [4.78, 5) is -0.205. The van der Waals surface area contributed by atoms with Gasteiger partial charge in [-0.3, -0.25) is 0 Å². The predicted molar refractivity (Wildman–Crippen MR) is 88.8 cm³/mol. The molecule has 2 aromatic carbocycles. The van der Waals surface area contributed by atoms with Gasteiger partial charge in [-0.2, -0.15) is 0 Å². The maximum atomic E-state index is 11.2. The minimum Gasteiger partial charge on any atom is -0.744 e. The van der Waals surface area contributed by atoms with Crippen LogP contribution in [0, 0.1) is 0 Å². The van der Waals surface area contributed by atoms with Crippen molar-refractivity contribution < 1.29 is 47.3 Å². The van der Waals surface area contributed by atoms with Crippen molar-refractivity contribution in [2.45, 2.75) is 43.9 Å². The van der Waals surface area contributed by atoms with Crippen LogP contribution in [0.5, 0.6) is 11.5 Å². The Kier molecular flexibility index (Phi) is 9.02. The molecule has 0 heterocycles. The first kappa shape index (κ1) is 21.2. The summed E-state index contributed by atoms with van der Waals surface area (Å²) in [6, 6.07) is 13.6. The first-order valence-electron chi connectivity index (χ1n) is 7.82. The maximum absolute atomic E-state index is 11.2. The second-order valence-electron chi connectivity index (χ2n) is 5.45. The maximum Gasteiger partial charge on any atom is 1.00 e. The van der Waals surface area contributed by atoms with Gasteiger partial charge in [-0.05, 0) is 48.7 Å². The second kappa shape index (κ2) is 10.2. The molecule has 4 nitrogen and oxygen atoms in total. The molecular formula is C18H21NaO4S. The largest absolute Gasteiger partial charge is 1.00 e. The van der Waals surface area contributed by atoms with Crippen molar-refractivity contribution in [2.75, 3.05) is 0 Å². The zero-order valence-electron chi connectivity index (χ0n) is 14.2. The molecule has 0 bridgehead atoms. The van der Waals surface area contributed by atoms with Gasteiger partial charge in [0, 0.05) is 0 Å². The molecule has 2 aromatic rings. The number of aryl methyl sites for hydroxylation is 1. The van der Waals surface area contributed by atoms with Gasteiger partial charge in [0.25, 0.3) is 0 Å². The Balaban J connectivity index is 0.00000288. The molecule has 6 heteroatoms. The Labute approximate surface area is 166 Å². The monoisotopic (exact) mass is 356 g/mol. The smallest absolute Gasteiger partial charge is 0.744 e. The molecule has 0 fully saturated rings. The molecule has 0 saturated heterocycles. The zero-order chi connectivity index (χ0) is 16.7. The Morgan fingerprint density at radius 2 is 1.71 bits per heavy atom. The van der Waals surface area contributed by atoms with Crippen LogP contribution in [0.25, 0.3) is 0 Å². The number of unbranched alkanes of at least 4 members (excludes halogenated alkanes) is 3. The van der Waals surface area contributed by atoms with Crippen LogP contribution in [0.2, 0.25) is 0 Å². The summed E-state index contributed by atoms with van der Waals surface area (Å²) in [7, 11) is -4.46. The number of ether oxygens (including phenoxy) is 1. The Bertz CT molecular complexity index is 730. The molecule has 24 heavy (non-hydrogen) atoms. The van der Waals surface area contributed by atoms with Crippen LogP contribution in [0.1, 0.15) is 38.2 Å². The summed E-state index contributed by atoms with van der Waals surface area (Å²) in [5, 5.41) is 0. The number of hydrogen-bond donors (Lipinski definition) is 0. The minimum absolute atomic E-state index is 0. The van der Waals surface area contributed by atoms with Gasteiger partial charge < -0.3 is 9.29 Å². The third-order valence-electron chi connectivity index (χ3n) is 3.59. The SMILES string of the molecule is CCCCCCc1cc(S(=O)(=O)[O-])ccc1Oc1ccccc1.[Na+]. The van der Waals surface area contributed by atoms with Gasteiger partial charge in [-0.25, -0.2) is 8.42 Å². The summed E-state index contributed by atoms with van der Waals surface area (Å²) in [5.74, 6) is 1.28. The third-order valence-corrected chi connectivity index (χ3v) is 4.42. The number of benzene rings is 2. The van der Waals surface area contributed by atoms with Crippen LogP contribution in [0.15, 0.2) is 53.4 Å². The Hall–Kier alpha value is -0.850. The Morgan fingerprint density at radius 3 is 2.33 bits per heavy atom. The van der Waals surface area contributed by atoms with Crippen LogP contribution >= 0.6 is 0 Å². The molecule has 0 aliphatic heterocycles. The molecule has 0 aliphatic carbocycles. The van der Waals surface area contributed by atoms with E-state index in [1.807, 2.05) is 30.3 Å². The van der Waals surface area contributed by atoms with E-state index in [9.17, 15) is 13.0 Å². The summed E-state index contributed by atoms with van der Waals surface area (Å²) in [6.07, 6.45) is 4.94. The zero-order valence-corrected chi connectivity index (χ0v) is 17.0. The normalized spacial score (nSPS) is 10.9. The summed E-state index contributed by atoms with van der Waals surface area (Å²) >= 11 is 0. The Morgan fingerprint density at radius 1 is 1.00 bits per heavy atom. The second-order valence-corrected chi connectivity index (χ2v) is 6.83. The van der Waals surface area contributed by atoms with E-state index in [4.69, 9.17) is 4.74 Å². The van der Waals surface area contributed by atoms with Gasteiger partial charge in [-0.15, -0.1) is 0 Å². The average molecular weight is 356 g/mol. The van der Waals surface area contributed by atoms with Crippen molar-refractivity contribution in [3.63, 3.8) is 0 Å². The van der Waals surface area contributed by atoms with E-state index >= 15 is 0 Å². The van der Waals surface area contributed by atoms with Crippen molar-refractivity contribution in [2.24, 2.45) is 0 Å². The average Bonchev–Trinajstić information content (AvgIpc) is 2.53. The van der Waals surface area contributed by atoms with Crippen LogP contribution in [0.3, 0.4) is 0 Å². The molecule has 0 saturated carbocycles. The molecule has 0 aliphatic rings. The molecule has 0 amide bonds. The van der Waals surface area contributed by atoms with Gasteiger partial charge in [0.1, 0.15) is 21.6 Å². The summed E-state index contributed by atoms with van der Waals surface area (Å²) in [6.45, 7) is 2.13. The van der Waals surface area contributed by atoms with E-state index in [1.165, 1.54) is 12.1 Å². The van der Waals surface area contributed by atoms with E-state index in [-0.39, 0.29) is 34.5 Å². The van der Waals surface area contributed by atoms with E-state index in [1.54, 1.807) is 6.07 Å². The molecule has 0 radical (unpaired) electrons. The topological polar surface area (TPSA) is 66.4 Å². The van der Waals surface area contributed by atoms with Crippen LogP contribution in [-0.4, -0.2) is 13.0 Å². The molecular weight excluding hydrogens is 335 g/mol. The molecule has 0 unspecified atom stereocenters. The predicted octanol–water partition coefficient (Wildman–Crippen LogP) is 1.51.